The molecule has 2 bridgehead atoms. The summed E-state index contributed by atoms with van der Waals surface area (Å²) < 4.78 is 5.28. The quantitative estimate of drug-likeness (QED) is 0.801. The summed E-state index contributed by atoms with van der Waals surface area (Å²) in [6.45, 7) is 0.268. The van der Waals surface area contributed by atoms with Gasteiger partial charge in [-0.05, 0) is 18.4 Å². The summed E-state index contributed by atoms with van der Waals surface area (Å²) in [5.41, 5.74) is 0.962. The Balaban J connectivity index is 1.61. The average Bonchev–Trinajstić information content (AvgIpc) is 2.94. The van der Waals surface area contributed by atoms with Crippen molar-refractivity contribution in [3.05, 3.63) is 35.9 Å². The van der Waals surface area contributed by atoms with Crippen molar-refractivity contribution < 1.29 is 14.3 Å². The number of carbonyl (C=O) groups is 2. The van der Waals surface area contributed by atoms with Gasteiger partial charge < -0.3 is 4.74 Å². The number of rotatable bonds is 2. The van der Waals surface area contributed by atoms with Gasteiger partial charge in [0.1, 0.15) is 6.61 Å². The third-order valence-electron chi connectivity index (χ3n) is 3.73. The molecule has 2 atom stereocenters. The molecule has 0 aromatic heterocycles. The van der Waals surface area contributed by atoms with E-state index in [4.69, 9.17) is 4.74 Å². The predicted molar refractivity (Wildman–Crippen MR) is 64.9 cm³/mol. The van der Waals surface area contributed by atoms with Crippen molar-refractivity contribution in [2.24, 2.45) is 0 Å². The van der Waals surface area contributed by atoms with Gasteiger partial charge in [0.15, 0.2) is 5.78 Å². The second kappa shape index (κ2) is 4.44. The highest BCUT2D eigenvalue weighted by atomic mass is 16.6. The SMILES string of the molecule is O=C1C[C@@H]2CC[C@@H]1N2C(=O)OCc1ccccc1. The second-order valence-corrected chi connectivity index (χ2v) is 4.86. The fourth-order valence-electron chi connectivity index (χ4n) is 2.84. The zero-order valence-electron chi connectivity index (χ0n) is 10.0. The van der Waals surface area contributed by atoms with Crippen molar-refractivity contribution in [2.75, 3.05) is 0 Å². The van der Waals surface area contributed by atoms with Crippen LogP contribution in [0.25, 0.3) is 0 Å². The molecule has 2 heterocycles. The molecule has 2 aliphatic rings. The minimum atomic E-state index is -0.350. The molecule has 3 rings (SSSR count). The van der Waals surface area contributed by atoms with Crippen LogP contribution in [0.4, 0.5) is 4.79 Å². The van der Waals surface area contributed by atoms with Crippen LogP contribution in [0.5, 0.6) is 0 Å². The number of amides is 1. The van der Waals surface area contributed by atoms with Crippen LogP contribution in [-0.4, -0.2) is 28.9 Å². The normalized spacial score (nSPS) is 25.6. The van der Waals surface area contributed by atoms with E-state index in [1.54, 1.807) is 4.90 Å². The summed E-state index contributed by atoms with van der Waals surface area (Å²) in [6.07, 6.45) is 1.88. The summed E-state index contributed by atoms with van der Waals surface area (Å²) in [5.74, 6) is 0.183. The molecular weight excluding hydrogens is 230 g/mol. The monoisotopic (exact) mass is 245 g/mol. The van der Waals surface area contributed by atoms with Gasteiger partial charge in [-0.2, -0.15) is 0 Å². The Morgan fingerprint density at radius 2 is 2.06 bits per heavy atom. The number of hydrogen-bond acceptors (Lipinski definition) is 3. The van der Waals surface area contributed by atoms with Crippen LogP contribution < -0.4 is 0 Å². The lowest BCUT2D eigenvalue weighted by atomic mass is 10.00. The van der Waals surface area contributed by atoms with Crippen LogP contribution in [0.2, 0.25) is 0 Å². The van der Waals surface area contributed by atoms with E-state index in [0.717, 1.165) is 18.4 Å². The van der Waals surface area contributed by atoms with E-state index in [1.807, 2.05) is 30.3 Å². The molecule has 0 aliphatic carbocycles. The largest absolute Gasteiger partial charge is 0.445 e. The van der Waals surface area contributed by atoms with E-state index in [2.05, 4.69) is 0 Å². The Hall–Kier alpha value is -1.84. The van der Waals surface area contributed by atoms with E-state index >= 15 is 0 Å². The fourth-order valence-corrected chi connectivity index (χ4v) is 2.84. The molecule has 1 aromatic carbocycles. The molecule has 1 aromatic rings. The molecule has 94 valence electrons. The first-order chi connectivity index (χ1) is 8.75. The van der Waals surface area contributed by atoms with Crippen molar-refractivity contribution in [3.63, 3.8) is 0 Å². The maximum absolute atomic E-state index is 12.0. The molecule has 0 unspecified atom stereocenters. The molecule has 2 aliphatic heterocycles. The number of nitrogens with zero attached hydrogens (tertiary/aromatic N) is 1. The van der Waals surface area contributed by atoms with Crippen LogP contribution in [0, 0.1) is 0 Å². The number of benzene rings is 1. The van der Waals surface area contributed by atoms with Gasteiger partial charge >= 0.3 is 6.09 Å². The third-order valence-corrected chi connectivity index (χ3v) is 3.73. The second-order valence-electron chi connectivity index (χ2n) is 4.86. The Bertz CT molecular complexity index is 471. The van der Waals surface area contributed by atoms with Crippen LogP contribution in [-0.2, 0) is 16.1 Å². The van der Waals surface area contributed by atoms with Gasteiger partial charge in [-0.3, -0.25) is 9.69 Å². The van der Waals surface area contributed by atoms with Gasteiger partial charge in [-0.25, -0.2) is 4.79 Å². The van der Waals surface area contributed by atoms with E-state index in [-0.39, 0.29) is 30.6 Å². The van der Waals surface area contributed by atoms with Crippen molar-refractivity contribution >= 4 is 11.9 Å². The lowest BCUT2D eigenvalue weighted by Crippen LogP contribution is -2.36. The lowest BCUT2D eigenvalue weighted by molar-refractivity contribution is -0.120. The summed E-state index contributed by atoms with van der Waals surface area (Å²) >= 11 is 0. The summed E-state index contributed by atoms with van der Waals surface area (Å²) in [7, 11) is 0. The molecule has 18 heavy (non-hydrogen) atoms. The van der Waals surface area contributed by atoms with Crippen molar-refractivity contribution in [1.82, 2.24) is 4.90 Å². The van der Waals surface area contributed by atoms with Gasteiger partial charge in [0.05, 0.1) is 6.04 Å². The molecule has 4 nitrogen and oxygen atoms in total. The van der Waals surface area contributed by atoms with Crippen LogP contribution in [0.3, 0.4) is 0 Å². The molecule has 0 N–H and O–H groups in total. The van der Waals surface area contributed by atoms with E-state index in [1.165, 1.54) is 0 Å². The van der Waals surface area contributed by atoms with Gasteiger partial charge in [-0.15, -0.1) is 0 Å². The topological polar surface area (TPSA) is 46.6 Å². The molecular formula is C14H15NO3. The van der Waals surface area contributed by atoms with Crippen LogP contribution in [0.1, 0.15) is 24.8 Å². The molecule has 1 amide bonds. The maximum Gasteiger partial charge on any atom is 0.410 e. The minimum Gasteiger partial charge on any atom is -0.445 e. The Kier molecular flexibility index (Phi) is 2.78. The van der Waals surface area contributed by atoms with Crippen LogP contribution in [0.15, 0.2) is 30.3 Å². The zero-order chi connectivity index (χ0) is 12.5. The first kappa shape index (κ1) is 11.3. The Morgan fingerprint density at radius 3 is 2.67 bits per heavy atom. The predicted octanol–water partition coefficient (Wildman–Crippen LogP) is 2.13. The highest BCUT2D eigenvalue weighted by Crippen LogP contribution is 2.35. The summed E-state index contributed by atoms with van der Waals surface area (Å²) in [6, 6.07) is 9.42. The number of Topliss-reactive ketones (excluding diaryl/α,β-unsaturated/α-hetero) is 1. The number of ketones is 1. The molecule has 2 fully saturated rings. The number of ether oxygens (including phenoxy) is 1. The highest BCUT2D eigenvalue weighted by Gasteiger charge is 2.48. The summed E-state index contributed by atoms with van der Waals surface area (Å²) in [5, 5.41) is 0. The van der Waals surface area contributed by atoms with Crippen molar-refractivity contribution in [1.29, 1.82) is 0 Å². The number of hydrogen-bond donors (Lipinski definition) is 0. The number of fused-ring (bicyclic) bond motifs is 2. The first-order valence-electron chi connectivity index (χ1n) is 6.27. The number of carbonyl (C=O) groups excluding carboxylic acids is 2. The molecule has 4 heteroatoms. The molecule has 2 saturated heterocycles. The molecule has 0 radical (unpaired) electrons. The van der Waals surface area contributed by atoms with Crippen molar-refractivity contribution in [3.8, 4) is 0 Å². The van der Waals surface area contributed by atoms with Gasteiger partial charge in [0.25, 0.3) is 0 Å². The lowest BCUT2D eigenvalue weighted by Gasteiger charge is -2.20. The third kappa shape index (κ3) is 1.88. The Morgan fingerprint density at radius 1 is 1.28 bits per heavy atom. The van der Waals surface area contributed by atoms with E-state index in [9.17, 15) is 9.59 Å². The van der Waals surface area contributed by atoms with Crippen molar-refractivity contribution in [2.45, 2.75) is 38.0 Å². The van der Waals surface area contributed by atoms with E-state index in [0.29, 0.717) is 6.42 Å². The van der Waals surface area contributed by atoms with Gasteiger partial charge in [0, 0.05) is 12.5 Å². The van der Waals surface area contributed by atoms with Crippen LogP contribution >= 0.6 is 0 Å². The average molecular weight is 245 g/mol. The molecule has 0 saturated carbocycles. The first-order valence-corrected chi connectivity index (χ1v) is 6.27. The fraction of sp³-hybridized carbons (Fsp3) is 0.429. The minimum absolute atomic E-state index is 0.0748. The maximum atomic E-state index is 12.0. The Labute approximate surface area is 106 Å². The standard InChI is InChI=1S/C14H15NO3/c16-13-8-11-6-7-12(13)15(11)14(17)18-9-10-4-2-1-3-5-10/h1-5,11-12H,6-9H2/t11-,12-/m0/s1. The van der Waals surface area contributed by atoms with E-state index < -0.39 is 0 Å². The zero-order valence-corrected chi connectivity index (χ0v) is 10.0. The summed E-state index contributed by atoms with van der Waals surface area (Å²) in [4.78, 5) is 25.2. The highest BCUT2D eigenvalue weighted by molar-refractivity contribution is 5.92. The molecule has 0 spiro atoms. The smallest absolute Gasteiger partial charge is 0.410 e. The van der Waals surface area contributed by atoms with Gasteiger partial charge in [-0.1, -0.05) is 30.3 Å². The van der Waals surface area contributed by atoms with Gasteiger partial charge in [0.2, 0.25) is 0 Å².